The molecule has 1 aromatic heterocycles. The first-order valence-electron chi connectivity index (χ1n) is 9.28. The van der Waals surface area contributed by atoms with Crippen LogP contribution in [0.4, 0.5) is 0 Å². The lowest BCUT2D eigenvalue weighted by Gasteiger charge is -2.16. The van der Waals surface area contributed by atoms with Crippen LogP contribution in [-0.2, 0) is 20.9 Å². The molecule has 2 atom stereocenters. The number of nitrogens with one attached hydrogen (secondary N) is 1. The van der Waals surface area contributed by atoms with Gasteiger partial charge in [-0.25, -0.2) is 0 Å². The number of hydrogen-bond acceptors (Lipinski definition) is 4. The monoisotopic (exact) mass is 398 g/mol. The summed E-state index contributed by atoms with van der Waals surface area (Å²) in [4.78, 5) is 42.0. The van der Waals surface area contributed by atoms with Crippen molar-refractivity contribution in [2.24, 2.45) is 5.92 Å². The summed E-state index contributed by atoms with van der Waals surface area (Å²) < 4.78 is 0. The second kappa shape index (κ2) is 8.23. The summed E-state index contributed by atoms with van der Waals surface area (Å²) in [7, 11) is 0. The van der Waals surface area contributed by atoms with Crippen LogP contribution in [0.5, 0.6) is 0 Å². The van der Waals surface area contributed by atoms with Crippen molar-refractivity contribution in [3.05, 3.63) is 63.4 Å². The Morgan fingerprint density at radius 2 is 1.89 bits per heavy atom. The summed E-state index contributed by atoms with van der Waals surface area (Å²) in [6, 6.07) is 7.39. The van der Waals surface area contributed by atoms with Gasteiger partial charge < -0.3 is 5.32 Å². The molecule has 28 heavy (non-hydrogen) atoms. The van der Waals surface area contributed by atoms with E-state index in [9.17, 15) is 14.4 Å². The number of benzene rings is 1. The quantitative estimate of drug-likeness (QED) is 0.780. The van der Waals surface area contributed by atoms with E-state index in [0.29, 0.717) is 10.7 Å². The lowest BCUT2D eigenvalue weighted by atomic mass is 9.86. The average Bonchev–Trinajstić information content (AvgIpc) is 2.88. The van der Waals surface area contributed by atoms with E-state index in [4.69, 9.17) is 11.6 Å². The average molecular weight is 399 g/mol. The minimum atomic E-state index is -0.761. The second-order valence-corrected chi connectivity index (χ2v) is 7.84. The van der Waals surface area contributed by atoms with Crippen LogP contribution in [-0.4, -0.2) is 22.5 Å². The fourth-order valence-electron chi connectivity index (χ4n) is 4.00. The van der Waals surface area contributed by atoms with Gasteiger partial charge in [-0.05, 0) is 49.6 Å². The van der Waals surface area contributed by atoms with E-state index in [0.717, 1.165) is 22.3 Å². The van der Waals surface area contributed by atoms with Crippen molar-refractivity contribution >= 4 is 29.1 Å². The van der Waals surface area contributed by atoms with E-state index in [2.05, 4.69) is 10.3 Å². The van der Waals surface area contributed by atoms with Crippen molar-refractivity contribution < 1.29 is 14.4 Å². The molecule has 2 aromatic rings. The Morgan fingerprint density at radius 1 is 1.21 bits per heavy atom. The molecule has 0 aliphatic heterocycles. The van der Waals surface area contributed by atoms with Gasteiger partial charge in [-0.1, -0.05) is 29.3 Å². The van der Waals surface area contributed by atoms with Crippen LogP contribution in [0.25, 0.3) is 0 Å². The predicted octanol–water partition coefficient (Wildman–Crippen LogP) is 3.61. The molecule has 1 aromatic carbocycles. The summed E-state index contributed by atoms with van der Waals surface area (Å²) in [5.41, 5.74) is 4.35. The minimum Gasteiger partial charge on any atom is -0.350 e. The third kappa shape index (κ3) is 4.14. The number of halogens is 1. The topological polar surface area (TPSA) is 76.1 Å². The zero-order valence-corrected chi connectivity index (χ0v) is 17.0. The molecule has 146 valence electrons. The maximum atomic E-state index is 12.9. The molecule has 1 aliphatic carbocycles. The molecule has 0 spiro atoms. The number of nitrogens with zero attached hydrogens (tertiary/aromatic N) is 1. The molecule has 1 heterocycles. The highest BCUT2D eigenvalue weighted by Crippen LogP contribution is 2.37. The summed E-state index contributed by atoms with van der Waals surface area (Å²) in [6.45, 7) is 6.02. The van der Waals surface area contributed by atoms with Crippen molar-refractivity contribution in [3.63, 3.8) is 0 Å². The number of ketones is 2. The van der Waals surface area contributed by atoms with Gasteiger partial charge in [-0.3, -0.25) is 19.4 Å². The Bertz CT molecular complexity index is 932. The highest BCUT2D eigenvalue weighted by Gasteiger charge is 2.43. The number of hydrogen-bond donors (Lipinski definition) is 1. The van der Waals surface area contributed by atoms with E-state index < -0.39 is 11.8 Å². The minimum absolute atomic E-state index is 0.00448. The standard InChI is InChI=1S/C22H23ClN2O3/c1-12-7-13(2)20(14(3)8-12)21-18(26)9-15(22(21)28)10-19(27)25-11-17-16(23)5-4-6-24-17/h4-8,15,21H,9-11H2,1-3H3,(H,25,27). The van der Waals surface area contributed by atoms with Crippen molar-refractivity contribution in [1.29, 1.82) is 0 Å². The molecule has 1 N–H and O–H groups in total. The van der Waals surface area contributed by atoms with E-state index in [-0.39, 0.29) is 36.9 Å². The van der Waals surface area contributed by atoms with E-state index >= 15 is 0 Å². The van der Waals surface area contributed by atoms with Crippen LogP contribution in [0.3, 0.4) is 0 Å². The molecule has 3 rings (SSSR count). The highest BCUT2D eigenvalue weighted by molar-refractivity contribution is 6.31. The predicted molar refractivity (Wildman–Crippen MR) is 107 cm³/mol. The smallest absolute Gasteiger partial charge is 0.221 e. The van der Waals surface area contributed by atoms with Crippen LogP contribution in [0.15, 0.2) is 30.5 Å². The Morgan fingerprint density at radius 3 is 2.54 bits per heavy atom. The van der Waals surface area contributed by atoms with Gasteiger partial charge in [-0.15, -0.1) is 0 Å². The largest absolute Gasteiger partial charge is 0.350 e. The molecule has 1 saturated carbocycles. The van der Waals surface area contributed by atoms with Gasteiger partial charge >= 0.3 is 0 Å². The molecule has 6 heteroatoms. The molecule has 1 aliphatic rings. The number of carbonyl (C=O) groups is 3. The van der Waals surface area contributed by atoms with Crippen LogP contribution in [0.1, 0.15) is 46.7 Å². The molecule has 1 fully saturated rings. The maximum Gasteiger partial charge on any atom is 0.221 e. The van der Waals surface area contributed by atoms with Gasteiger partial charge in [0.15, 0.2) is 5.78 Å². The summed E-state index contributed by atoms with van der Waals surface area (Å²) >= 11 is 6.04. The van der Waals surface area contributed by atoms with Gasteiger partial charge in [0.25, 0.3) is 0 Å². The molecule has 0 saturated heterocycles. The fraction of sp³-hybridized carbons (Fsp3) is 0.364. The summed E-state index contributed by atoms with van der Waals surface area (Å²) in [6.07, 6.45) is 1.70. The van der Waals surface area contributed by atoms with E-state index in [1.54, 1.807) is 18.3 Å². The molecule has 2 unspecified atom stereocenters. The Hall–Kier alpha value is -2.53. The third-order valence-electron chi connectivity index (χ3n) is 5.20. The number of Topliss-reactive ketones (excluding diaryl/α,β-unsaturated/α-hetero) is 2. The zero-order chi connectivity index (χ0) is 20.4. The first-order chi connectivity index (χ1) is 13.3. The van der Waals surface area contributed by atoms with Crippen molar-refractivity contribution in [1.82, 2.24) is 10.3 Å². The van der Waals surface area contributed by atoms with Gasteiger partial charge in [-0.2, -0.15) is 0 Å². The summed E-state index contributed by atoms with van der Waals surface area (Å²) in [5, 5.41) is 3.21. The zero-order valence-electron chi connectivity index (χ0n) is 16.2. The summed E-state index contributed by atoms with van der Waals surface area (Å²) in [5.74, 6) is -1.90. The molecule has 0 radical (unpaired) electrons. The number of aromatic nitrogens is 1. The lowest BCUT2D eigenvalue weighted by Crippen LogP contribution is -2.27. The SMILES string of the molecule is Cc1cc(C)c(C2C(=O)CC(CC(=O)NCc3ncccc3Cl)C2=O)c(C)c1. The Balaban J connectivity index is 1.69. The van der Waals surface area contributed by atoms with Crippen molar-refractivity contribution in [2.45, 2.75) is 46.1 Å². The fourth-order valence-corrected chi connectivity index (χ4v) is 4.19. The second-order valence-electron chi connectivity index (χ2n) is 7.43. The van der Waals surface area contributed by atoms with Crippen LogP contribution < -0.4 is 5.32 Å². The maximum absolute atomic E-state index is 12.9. The van der Waals surface area contributed by atoms with Gasteiger partial charge in [0.1, 0.15) is 11.7 Å². The van der Waals surface area contributed by atoms with E-state index in [1.165, 1.54) is 0 Å². The number of amides is 1. The number of carbonyl (C=O) groups excluding carboxylic acids is 3. The number of aryl methyl sites for hydroxylation is 3. The molecule has 0 bridgehead atoms. The molecule has 5 nitrogen and oxygen atoms in total. The van der Waals surface area contributed by atoms with Gasteiger partial charge in [0.2, 0.25) is 5.91 Å². The van der Waals surface area contributed by atoms with Gasteiger partial charge in [0.05, 0.1) is 17.3 Å². The normalized spacial score (nSPS) is 19.1. The first-order valence-corrected chi connectivity index (χ1v) is 9.66. The van der Waals surface area contributed by atoms with Gasteiger partial charge in [0, 0.05) is 25.0 Å². The third-order valence-corrected chi connectivity index (χ3v) is 5.55. The van der Waals surface area contributed by atoms with Crippen molar-refractivity contribution in [3.8, 4) is 0 Å². The number of pyridine rings is 1. The molecular weight excluding hydrogens is 376 g/mol. The molecular formula is C22H23ClN2O3. The molecule has 1 amide bonds. The lowest BCUT2D eigenvalue weighted by molar-refractivity contribution is -0.128. The Kier molecular flexibility index (Phi) is 5.94. The highest BCUT2D eigenvalue weighted by atomic mass is 35.5. The first kappa shape index (κ1) is 20.2. The van der Waals surface area contributed by atoms with Crippen LogP contribution in [0, 0.1) is 26.7 Å². The van der Waals surface area contributed by atoms with Crippen LogP contribution >= 0.6 is 11.6 Å². The van der Waals surface area contributed by atoms with Crippen molar-refractivity contribution in [2.75, 3.05) is 0 Å². The van der Waals surface area contributed by atoms with Crippen LogP contribution in [0.2, 0.25) is 5.02 Å². The Labute approximate surface area is 169 Å². The number of rotatable bonds is 5. The van der Waals surface area contributed by atoms with E-state index in [1.807, 2.05) is 32.9 Å².